The standard InChI is InChI=1S/C16H14FNOS/c1-10(19)16-12(17)6-4-8-14(16)20-15-9-11-5-2-3-7-13(11)18-15/h2-10,18-19H,1H3/t10-/m0/s1. The summed E-state index contributed by atoms with van der Waals surface area (Å²) in [6.45, 7) is 1.58. The number of H-pyrrole nitrogens is 1. The van der Waals surface area contributed by atoms with Gasteiger partial charge in [-0.25, -0.2) is 4.39 Å². The van der Waals surface area contributed by atoms with Crippen molar-refractivity contribution in [2.45, 2.75) is 22.9 Å². The third-order valence-electron chi connectivity index (χ3n) is 3.16. The van der Waals surface area contributed by atoms with Crippen molar-refractivity contribution >= 4 is 22.7 Å². The molecule has 1 heterocycles. The molecular weight excluding hydrogens is 273 g/mol. The summed E-state index contributed by atoms with van der Waals surface area (Å²) >= 11 is 1.43. The molecule has 1 aromatic heterocycles. The molecule has 0 saturated heterocycles. The Kier molecular flexibility index (Phi) is 3.51. The molecule has 0 aliphatic heterocycles. The molecule has 0 spiro atoms. The SMILES string of the molecule is C[C@H](O)c1c(F)cccc1Sc1cc2ccccc2[nH]1. The van der Waals surface area contributed by atoms with Crippen LogP contribution in [0.2, 0.25) is 0 Å². The molecule has 0 radical (unpaired) electrons. The number of nitrogens with one attached hydrogen (secondary N) is 1. The molecule has 3 rings (SSSR count). The summed E-state index contributed by atoms with van der Waals surface area (Å²) in [7, 11) is 0. The summed E-state index contributed by atoms with van der Waals surface area (Å²) in [5, 5.41) is 11.8. The van der Waals surface area contributed by atoms with Gasteiger partial charge in [0.15, 0.2) is 0 Å². The van der Waals surface area contributed by atoms with Gasteiger partial charge < -0.3 is 10.1 Å². The number of aromatic nitrogens is 1. The Hall–Kier alpha value is -1.78. The van der Waals surface area contributed by atoms with E-state index in [0.717, 1.165) is 20.8 Å². The Bertz CT molecular complexity index is 718. The summed E-state index contributed by atoms with van der Waals surface area (Å²) in [5.41, 5.74) is 1.39. The lowest BCUT2D eigenvalue weighted by Crippen LogP contribution is -1.98. The van der Waals surface area contributed by atoms with Crippen molar-refractivity contribution < 1.29 is 9.50 Å². The van der Waals surface area contributed by atoms with Crippen LogP contribution in [-0.4, -0.2) is 10.1 Å². The summed E-state index contributed by atoms with van der Waals surface area (Å²) in [4.78, 5) is 4.02. The van der Waals surface area contributed by atoms with Crippen LogP contribution >= 0.6 is 11.8 Å². The number of para-hydroxylation sites is 1. The van der Waals surface area contributed by atoms with E-state index in [0.29, 0.717) is 5.56 Å². The van der Waals surface area contributed by atoms with E-state index in [4.69, 9.17) is 0 Å². The monoisotopic (exact) mass is 287 g/mol. The van der Waals surface area contributed by atoms with Gasteiger partial charge in [-0.15, -0.1) is 0 Å². The van der Waals surface area contributed by atoms with Crippen molar-refractivity contribution in [2.24, 2.45) is 0 Å². The molecule has 2 aromatic carbocycles. The minimum atomic E-state index is -0.830. The molecular formula is C16H14FNOS. The fraction of sp³-hybridized carbons (Fsp3) is 0.125. The summed E-state index contributed by atoms with van der Waals surface area (Å²) in [5.74, 6) is -0.374. The minimum Gasteiger partial charge on any atom is -0.389 e. The maximum absolute atomic E-state index is 13.8. The van der Waals surface area contributed by atoms with Gasteiger partial charge in [0.2, 0.25) is 0 Å². The lowest BCUT2D eigenvalue weighted by Gasteiger charge is -2.11. The highest BCUT2D eigenvalue weighted by molar-refractivity contribution is 7.99. The Morgan fingerprint density at radius 1 is 1.15 bits per heavy atom. The molecule has 3 aromatic rings. The fourth-order valence-electron chi connectivity index (χ4n) is 2.23. The second-order valence-corrected chi connectivity index (χ2v) is 5.73. The summed E-state index contributed by atoms with van der Waals surface area (Å²) < 4.78 is 13.8. The van der Waals surface area contributed by atoms with E-state index in [1.807, 2.05) is 36.4 Å². The molecule has 0 aliphatic carbocycles. The first-order valence-electron chi connectivity index (χ1n) is 6.37. The van der Waals surface area contributed by atoms with Gasteiger partial charge >= 0.3 is 0 Å². The molecule has 2 nitrogen and oxygen atoms in total. The number of benzene rings is 2. The van der Waals surface area contributed by atoms with Gasteiger partial charge in [0.05, 0.1) is 11.1 Å². The molecule has 0 bridgehead atoms. The number of halogens is 1. The molecule has 2 N–H and O–H groups in total. The predicted octanol–water partition coefficient (Wildman–Crippen LogP) is 4.51. The Morgan fingerprint density at radius 3 is 2.70 bits per heavy atom. The molecule has 102 valence electrons. The quantitative estimate of drug-likeness (QED) is 0.743. The Balaban J connectivity index is 2.00. The Morgan fingerprint density at radius 2 is 1.95 bits per heavy atom. The third-order valence-corrected chi connectivity index (χ3v) is 4.17. The van der Waals surface area contributed by atoms with Crippen LogP contribution in [-0.2, 0) is 0 Å². The number of fused-ring (bicyclic) bond motifs is 1. The summed E-state index contributed by atoms with van der Waals surface area (Å²) in [6.07, 6.45) is -0.830. The van der Waals surface area contributed by atoms with Crippen LogP contribution in [0.1, 0.15) is 18.6 Å². The average molecular weight is 287 g/mol. The highest BCUT2D eigenvalue weighted by atomic mass is 32.2. The van der Waals surface area contributed by atoms with Crippen LogP contribution in [0.25, 0.3) is 10.9 Å². The maximum Gasteiger partial charge on any atom is 0.130 e. The lowest BCUT2D eigenvalue weighted by atomic mass is 10.1. The molecule has 1 atom stereocenters. The van der Waals surface area contributed by atoms with E-state index in [1.165, 1.54) is 17.8 Å². The van der Waals surface area contributed by atoms with E-state index in [1.54, 1.807) is 13.0 Å². The predicted molar refractivity (Wildman–Crippen MR) is 79.5 cm³/mol. The van der Waals surface area contributed by atoms with E-state index >= 15 is 0 Å². The van der Waals surface area contributed by atoms with Crippen molar-refractivity contribution in [3.05, 3.63) is 59.9 Å². The Labute approximate surface area is 120 Å². The number of hydrogen-bond donors (Lipinski definition) is 2. The largest absolute Gasteiger partial charge is 0.389 e. The number of aliphatic hydroxyl groups excluding tert-OH is 1. The number of rotatable bonds is 3. The molecule has 20 heavy (non-hydrogen) atoms. The normalized spacial score (nSPS) is 12.8. The minimum absolute atomic E-state index is 0.344. The molecule has 0 aliphatic rings. The van der Waals surface area contributed by atoms with E-state index in [9.17, 15) is 9.50 Å². The maximum atomic E-state index is 13.8. The number of hydrogen-bond acceptors (Lipinski definition) is 2. The van der Waals surface area contributed by atoms with Gasteiger partial charge in [0.25, 0.3) is 0 Å². The van der Waals surface area contributed by atoms with Crippen molar-refractivity contribution in [1.29, 1.82) is 0 Å². The van der Waals surface area contributed by atoms with Crippen LogP contribution in [0.4, 0.5) is 4.39 Å². The summed E-state index contributed by atoms with van der Waals surface area (Å²) in [6, 6.07) is 14.9. The smallest absolute Gasteiger partial charge is 0.130 e. The van der Waals surface area contributed by atoms with E-state index in [-0.39, 0.29) is 5.82 Å². The first kappa shape index (κ1) is 13.2. The van der Waals surface area contributed by atoms with E-state index < -0.39 is 6.10 Å². The van der Waals surface area contributed by atoms with Gasteiger partial charge in [-0.05, 0) is 31.2 Å². The van der Waals surface area contributed by atoms with Crippen LogP contribution in [0.5, 0.6) is 0 Å². The molecule has 4 heteroatoms. The van der Waals surface area contributed by atoms with Crippen molar-refractivity contribution in [3.63, 3.8) is 0 Å². The van der Waals surface area contributed by atoms with Crippen LogP contribution in [0, 0.1) is 5.82 Å². The van der Waals surface area contributed by atoms with Gasteiger partial charge in [-0.2, -0.15) is 0 Å². The molecule has 0 saturated carbocycles. The van der Waals surface area contributed by atoms with Crippen molar-refractivity contribution in [2.75, 3.05) is 0 Å². The topological polar surface area (TPSA) is 36.0 Å². The second-order valence-electron chi connectivity index (χ2n) is 4.65. The van der Waals surface area contributed by atoms with E-state index in [2.05, 4.69) is 4.98 Å². The molecule has 0 amide bonds. The van der Waals surface area contributed by atoms with Crippen LogP contribution in [0.15, 0.2) is 58.5 Å². The number of aliphatic hydroxyl groups is 1. The molecule has 0 fully saturated rings. The first-order chi connectivity index (χ1) is 9.65. The second kappa shape index (κ2) is 5.31. The zero-order valence-corrected chi connectivity index (χ0v) is 11.7. The average Bonchev–Trinajstić information content (AvgIpc) is 2.80. The zero-order valence-electron chi connectivity index (χ0n) is 10.9. The van der Waals surface area contributed by atoms with Crippen molar-refractivity contribution in [1.82, 2.24) is 4.98 Å². The number of aromatic amines is 1. The fourth-order valence-corrected chi connectivity index (χ4v) is 3.34. The van der Waals surface area contributed by atoms with Crippen LogP contribution in [0.3, 0.4) is 0 Å². The van der Waals surface area contributed by atoms with Gasteiger partial charge in [-0.1, -0.05) is 36.0 Å². The van der Waals surface area contributed by atoms with Crippen LogP contribution < -0.4 is 0 Å². The molecule has 0 unspecified atom stereocenters. The first-order valence-corrected chi connectivity index (χ1v) is 7.19. The van der Waals surface area contributed by atoms with Gasteiger partial charge in [0, 0.05) is 21.4 Å². The zero-order chi connectivity index (χ0) is 14.1. The highest BCUT2D eigenvalue weighted by Crippen LogP contribution is 2.35. The highest BCUT2D eigenvalue weighted by Gasteiger charge is 2.15. The third kappa shape index (κ3) is 2.44. The van der Waals surface area contributed by atoms with Gasteiger partial charge in [-0.3, -0.25) is 0 Å². The lowest BCUT2D eigenvalue weighted by molar-refractivity contribution is 0.191. The van der Waals surface area contributed by atoms with Crippen molar-refractivity contribution in [3.8, 4) is 0 Å². The van der Waals surface area contributed by atoms with Gasteiger partial charge in [0.1, 0.15) is 5.82 Å².